The molecule has 4 fully saturated rings. The minimum absolute atomic E-state index is 0.468. The highest BCUT2D eigenvalue weighted by Gasteiger charge is 2.43. The van der Waals surface area contributed by atoms with Gasteiger partial charge in [0.2, 0.25) is 0 Å². The van der Waals surface area contributed by atoms with Gasteiger partial charge in [-0.3, -0.25) is 0 Å². The van der Waals surface area contributed by atoms with Gasteiger partial charge in [-0.15, -0.1) is 0 Å². The zero-order valence-corrected chi connectivity index (χ0v) is 15.5. The summed E-state index contributed by atoms with van der Waals surface area (Å²) >= 11 is 0. The Labute approximate surface area is 152 Å². The average Bonchev–Trinajstić information content (AvgIpc) is 3.41. The second-order valence-corrected chi connectivity index (χ2v) is 9.11. The van der Waals surface area contributed by atoms with Crippen molar-refractivity contribution in [1.29, 1.82) is 0 Å². The molecule has 0 N–H and O–H groups in total. The molecular weight excluding hydrogens is 306 g/mol. The summed E-state index contributed by atoms with van der Waals surface area (Å²) in [6, 6.07) is 9.83. The van der Waals surface area contributed by atoms with Gasteiger partial charge in [0.1, 0.15) is 5.75 Å². The van der Waals surface area contributed by atoms with Crippen LogP contribution in [-0.2, 0) is 0 Å². The minimum Gasteiger partial charge on any atom is -0.490 e. The van der Waals surface area contributed by atoms with Crippen molar-refractivity contribution in [3.63, 3.8) is 0 Å². The van der Waals surface area contributed by atoms with Crippen LogP contribution < -0.4 is 4.74 Å². The van der Waals surface area contributed by atoms with Gasteiger partial charge in [-0.1, -0.05) is 24.6 Å². The van der Waals surface area contributed by atoms with Crippen LogP contribution in [0, 0.1) is 11.8 Å². The van der Waals surface area contributed by atoms with Gasteiger partial charge in [0.25, 0.3) is 0 Å². The summed E-state index contributed by atoms with van der Waals surface area (Å²) in [4.78, 5) is 2.85. The lowest BCUT2D eigenvalue weighted by Gasteiger charge is -2.40. The fourth-order valence-corrected chi connectivity index (χ4v) is 6.31. The summed E-state index contributed by atoms with van der Waals surface area (Å²) in [5.74, 6) is 3.98. The maximum Gasteiger partial charge on any atom is 0.123 e. The predicted molar refractivity (Wildman–Crippen MR) is 102 cm³/mol. The highest BCUT2D eigenvalue weighted by molar-refractivity contribution is 5.37. The number of rotatable bonds is 4. The maximum absolute atomic E-state index is 6.41. The first-order valence-electron chi connectivity index (χ1n) is 10.9. The zero-order chi connectivity index (χ0) is 16.6. The lowest BCUT2D eigenvalue weighted by atomic mass is 9.86. The Morgan fingerprint density at radius 1 is 0.840 bits per heavy atom. The predicted octanol–water partition coefficient (Wildman–Crippen LogP) is 5.38. The van der Waals surface area contributed by atoms with E-state index in [0.29, 0.717) is 12.0 Å². The van der Waals surface area contributed by atoms with Crippen molar-refractivity contribution in [2.45, 2.75) is 82.3 Å². The number of nitrogens with zero attached hydrogens (tertiary/aromatic N) is 1. The number of benzene rings is 1. The molecule has 1 heterocycles. The lowest BCUT2D eigenvalue weighted by molar-refractivity contribution is 0.109. The minimum atomic E-state index is 0.468. The quantitative estimate of drug-likeness (QED) is 0.730. The van der Waals surface area contributed by atoms with Gasteiger partial charge < -0.3 is 9.64 Å². The van der Waals surface area contributed by atoms with Crippen LogP contribution in [0.2, 0.25) is 0 Å². The number of hydrogen-bond donors (Lipinski definition) is 0. The molecule has 3 aliphatic carbocycles. The molecule has 2 bridgehead atoms. The Morgan fingerprint density at radius 3 is 2.36 bits per heavy atom. The van der Waals surface area contributed by atoms with E-state index in [1.54, 1.807) is 0 Å². The summed E-state index contributed by atoms with van der Waals surface area (Å²) in [6.07, 6.45) is 14.3. The third-order valence-corrected chi connectivity index (χ3v) is 7.65. The summed E-state index contributed by atoms with van der Waals surface area (Å²) in [7, 11) is 0. The van der Waals surface area contributed by atoms with E-state index in [1.807, 2.05) is 0 Å². The molecule has 0 aromatic heterocycles. The molecule has 1 aromatic rings. The van der Waals surface area contributed by atoms with Gasteiger partial charge in [-0.05, 0) is 100 Å². The Kier molecular flexibility index (Phi) is 4.49. The van der Waals surface area contributed by atoms with Crippen LogP contribution in [0.5, 0.6) is 5.75 Å². The number of para-hydroxylation sites is 1. The van der Waals surface area contributed by atoms with Crippen molar-refractivity contribution in [2.75, 3.05) is 13.1 Å². The van der Waals surface area contributed by atoms with Gasteiger partial charge in [0.05, 0.1) is 6.10 Å². The van der Waals surface area contributed by atoms with E-state index in [0.717, 1.165) is 17.9 Å². The molecule has 0 radical (unpaired) electrons. The topological polar surface area (TPSA) is 12.5 Å². The first-order chi connectivity index (χ1) is 12.4. The smallest absolute Gasteiger partial charge is 0.123 e. The van der Waals surface area contributed by atoms with Crippen molar-refractivity contribution < 1.29 is 4.74 Å². The van der Waals surface area contributed by atoms with E-state index in [2.05, 4.69) is 29.2 Å². The molecule has 5 rings (SSSR count). The van der Waals surface area contributed by atoms with E-state index < -0.39 is 0 Å². The zero-order valence-electron chi connectivity index (χ0n) is 15.5. The third kappa shape index (κ3) is 3.23. The van der Waals surface area contributed by atoms with Crippen LogP contribution in [-0.4, -0.2) is 30.1 Å². The molecule has 0 amide bonds. The maximum atomic E-state index is 6.41. The molecule has 1 aliphatic heterocycles. The van der Waals surface area contributed by atoms with Gasteiger partial charge in [0, 0.05) is 6.04 Å². The molecular formula is C23H33NO. The third-order valence-electron chi connectivity index (χ3n) is 7.65. The first-order valence-corrected chi connectivity index (χ1v) is 10.9. The summed E-state index contributed by atoms with van der Waals surface area (Å²) in [6.45, 7) is 2.60. The molecule has 2 heteroatoms. The van der Waals surface area contributed by atoms with Crippen LogP contribution in [0.15, 0.2) is 24.3 Å². The number of likely N-dealkylation sites (tertiary alicyclic amines) is 1. The van der Waals surface area contributed by atoms with Gasteiger partial charge in [-0.25, -0.2) is 0 Å². The molecule has 136 valence electrons. The normalized spacial score (nSPS) is 34.0. The fourth-order valence-electron chi connectivity index (χ4n) is 6.31. The van der Waals surface area contributed by atoms with Crippen LogP contribution in [0.3, 0.4) is 0 Å². The van der Waals surface area contributed by atoms with E-state index in [4.69, 9.17) is 4.74 Å². The Morgan fingerprint density at radius 2 is 1.64 bits per heavy atom. The van der Waals surface area contributed by atoms with Crippen LogP contribution >= 0.6 is 0 Å². The molecule has 25 heavy (non-hydrogen) atoms. The molecule has 1 saturated heterocycles. The van der Waals surface area contributed by atoms with E-state index in [9.17, 15) is 0 Å². The van der Waals surface area contributed by atoms with Gasteiger partial charge in [0.15, 0.2) is 0 Å². The molecule has 2 unspecified atom stereocenters. The number of fused-ring (bicyclic) bond motifs is 2. The van der Waals surface area contributed by atoms with Crippen LogP contribution in [0.25, 0.3) is 0 Å². The largest absolute Gasteiger partial charge is 0.490 e. The number of ether oxygens (including phenoxy) is 1. The Bertz CT molecular complexity index is 586. The second-order valence-electron chi connectivity index (χ2n) is 9.11. The van der Waals surface area contributed by atoms with Crippen molar-refractivity contribution in [3.05, 3.63) is 29.8 Å². The van der Waals surface area contributed by atoms with Crippen molar-refractivity contribution in [2.24, 2.45) is 11.8 Å². The fraction of sp³-hybridized carbons (Fsp3) is 0.739. The molecule has 1 aromatic carbocycles. The Balaban J connectivity index is 1.23. The average molecular weight is 340 g/mol. The highest BCUT2D eigenvalue weighted by Crippen LogP contribution is 2.48. The van der Waals surface area contributed by atoms with Crippen molar-refractivity contribution >= 4 is 0 Å². The van der Waals surface area contributed by atoms with Crippen molar-refractivity contribution in [1.82, 2.24) is 4.90 Å². The first kappa shape index (κ1) is 16.2. The summed E-state index contributed by atoms with van der Waals surface area (Å²) in [5, 5.41) is 0. The number of hydrogen-bond acceptors (Lipinski definition) is 2. The summed E-state index contributed by atoms with van der Waals surface area (Å²) in [5.41, 5.74) is 1.49. The second kappa shape index (κ2) is 6.95. The molecule has 0 spiro atoms. The van der Waals surface area contributed by atoms with Gasteiger partial charge in [-0.2, -0.15) is 0 Å². The summed E-state index contributed by atoms with van der Waals surface area (Å²) < 4.78 is 6.41. The lowest BCUT2D eigenvalue weighted by Crippen LogP contribution is -2.43. The van der Waals surface area contributed by atoms with E-state index in [1.165, 1.54) is 88.6 Å². The molecule has 2 nitrogen and oxygen atoms in total. The van der Waals surface area contributed by atoms with Gasteiger partial charge >= 0.3 is 0 Å². The molecule has 3 atom stereocenters. The number of piperidine rings is 1. The Hall–Kier alpha value is -1.02. The van der Waals surface area contributed by atoms with E-state index in [-0.39, 0.29) is 0 Å². The van der Waals surface area contributed by atoms with E-state index >= 15 is 0 Å². The van der Waals surface area contributed by atoms with Crippen molar-refractivity contribution in [3.8, 4) is 5.75 Å². The monoisotopic (exact) mass is 339 g/mol. The highest BCUT2D eigenvalue weighted by atomic mass is 16.5. The molecule has 4 aliphatic rings. The van der Waals surface area contributed by atoms with Crippen LogP contribution in [0.1, 0.15) is 75.7 Å². The van der Waals surface area contributed by atoms with Crippen LogP contribution in [0.4, 0.5) is 0 Å². The standard InChI is InChI=1S/C23H33NO/c1-2-6-20(5-1)25-23-8-4-3-7-21(23)18-11-13-24(14-12-18)22-16-17-9-10-19(22)15-17/h3-4,7-8,17-20,22H,1-2,5-6,9-16H2/t17?,19?,22-/m0/s1. The SMILES string of the molecule is c1ccc(C2CCN([C@H]3CC4CCC3C4)CC2)c(OC2CCCC2)c1. The molecule has 3 saturated carbocycles.